The lowest BCUT2D eigenvalue weighted by atomic mass is 10.1. The molecule has 0 amide bonds. The third-order valence-electron chi connectivity index (χ3n) is 3.11. The molecule has 1 aromatic carbocycles. The number of aryl methyl sites for hydroxylation is 1. The smallest absolute Gasteiger partial charge is 0.135 e. The quantitative estimate of drug-likeness (QED) is 0.881. The molecule has 3 nitrogen and oxygen atoms in total. The minimum absolute atomic E-state index is 0.251. The van der Waals surface area contributed by atoms with Gasteiger partial charge in [-0.25, -0.2) is 18.7 Å². The molecule has 1 aromatic heterocycles. The first-order valence-electron chi connectivity index (χ1n) is 7.17. The fourth-order valence-corrected chi connectivity index (χ4v) is 1.99. The van der Waals surface area contributed by atoms with E-state index in [1.807, 2.05) is 13.0 Å². The average molecular weight is 291 g/mol. The number of rotatable bonds is 6. The second-order valence-corrected chi connectivity index (χ2v) is 4.85. The fourth-order valence-electron chi connectivity index (χ4n) is 1.99. The van der Waals surface area contributed by atoms with Crippen molar-refractivity contribution in [3.63, 3.8) is 0 Å². The molecule has 0 aliphatic heterocycles. The predicted molar refractivity (Wildman–Crippen MR) is 79.4 cm³/mol. The van der Waals surface area contributed by atoms with Gasteiger partial charge in [-0.3, -0.25) is 0 Å². The third kappa shape index (κ3) is 4.21. The highest BCUT2D eigenvalue weighted by Crippen LogP contribution is 2.15. The molecule has 0 bridgehead atoms. The van der Waals surface area contributed by atoms with Crippen LogP contribution < -0.4 is 5.32 Å². The molecule has 112 valence electrons. The van der Waals surface area contributed by atoms with E-state index in [1.54, 1.807) is 0 Å². The normalized spacial score (nSPS) is 10.7. The molecule has 0 radical (unpaired) electrons. The Bertz CT molecular complexity index is 614. The molecule has 0 spiro atoms. The first kappa shape index (κ1) is 15.4. The zero-order valence-corrected chi connectivity index (χ0v) is 12.3. The van der Waals surface area contributed by atoms with E-state index in [4.69, 9.17) is 0 Å². The lowest BCUT2D eigenvalue weighted by Gasteiger charge is -2.09. The van der Waals surface area contributed by atoms with Gasteiger partial charge in [0.1, 0.15) is 23.3 Å². The van der Waals surface area contributed by atoms with Crippen molar-refractivity contribution in [2.24, 2.45) is 0 Å². The van der Waals surface area contributed by atoms with Gasteiger partial charge in [0.2, 0.25) is 0 Å². The van der Waals surface area contributed by atoms with Crippen LogP contribution >= 0.6 is 0 Å². The molecule has 1 N–H and O–H groups in total. The monoisotopic (exact) mass is 291 g/mol. The lowest BCUT2D eigenvalue weighted by Crippen LogP contribution is -2.08. The van der Waals surface area contributed by atoms with Crippen molar-refractivity contribution in [2.45, 2.75) is 33.1 Å². The van der Waals surface area contributed by atoms with Gasteiger partial charge in [-0.15, -0.1) is 0 Å². The molecule has 5 heteroatoms. The summed E-state index contributed by atoms with van der Waals surface area (Å²) in [6, 6.07) is 5.47. The second kappa shape index (κ2) is 7.11. The topological polar surface area (TPSA) is 37.8 Å². The van der Waals surface area contributed by atoms with E-state index in [9.17, 15) is 8.78 Å². The van der Waals surface area contributed by atoms with Crippen molar-refractivity contribution >= 4 is 5.82 Å². The van der Waals surface area contributed by atoms with Crippen LogP contribution in [0.3, 0.4) is 0 Å². The summed E-state index contributed by atoms with van der Waals surface area (Å²) in [7, 11) is 0. The van der Waals surface area contributed by atoms with Crippen LogP contribution in [0.5, 0.6) is 0 Å². The van der Waals surface area contributed by atoms with E-state index < -0.39 is 11.6 Å². The maximum Gasteiger partial charge on any atom is 0.135 e. The van der Waals surface area contributed by atoms with E-state index >= 15 is 0 Å². The molecule has 21 heavy (non-hydrogen) atoms. The van der Waals surface area contributed by atoms with Gasteiger partial charge in [0, 0.05) is 30.8 Å². The van der Waals surface area contributed by atoms with Gasteiger partial charge < -0.3 is 5.32 Å². The van der Waals surface area contributed by atoms with Crippen LogP contribution in [0.2, 0.25) is 0 Å². The van der Waals surface area contributed by atoms with Gasteiger partial charge in [-0.2, -0.15) is 0 Å². The Balaban J connectivity index is 2.25. The van der Waals surface area contributed by atoms with E-state index in [1.165, 1.54) is 12.1 Å². The number of nitrogens with one attached hydrogen (secondary N) is 1. The zero-order chi connectivity index (χ0) is 15.2. The van der Waals surface area contributed by atoms with Gasteiger partial charge in [0.05, 0.1) is 0 Å². The van der Waals surface area contributed by atoms with Gasteiger partial charge in [-0.05, 0) is 24.5 Å². The van der Waals surface area contributed by atoms with Gasteiger partial charge in [0.15, 0.2) is 0 Å². The van der Waals surface area contributed by atoms with Gasteiger partial charge in [-0.1, -0.05) is 19.9 Å². The van der Waals surface area contributed by atoms with Gasteiger partial charge >= 0.3 is 0 Å². The molecule has 0 saturated heterocycles. The summed E-state index contributed by atoms with van der Waals surface area (Å²) in [6.45, 7) is 4.91. The number of anilines is 1. The van der Waals surface area contributed by atoms with Crippen LogP contribution in [0.15, 0.2) is 24.3 Å². The number of benzene rings is 1. The Labute approximate surface area is 123 Å². The summed E-state index contributed by atoms with van der Waals surface area (Å²) in [4.78, 5) is 8.80. The summed E-state index contributed by atoms with van der Waals surface area (Å²) in [5.41, 5.74) is 1.30. The predicted octanol–water partition coefficient (Wildman–Crippen LogP) is 3.73. The van der Waals surface area contributed by atoms with Crippen molar-refractivity contribution in [2.75, 3.05) is 11.9 Å². The van der Waals surface area contributed by atoms with Crippen LogP contribution in [0.1, 0.15) is 37.4 Å². The molecular formula is C16H19F2N3. The summed E-state index contributed by atoms with van der Waals surface area (Å²) in [6.07, 6.45) is 2.02. The SMILES string of the molecule is CCCNc1cc(CC)nc(Cc2ccc(F)cc2F)n1. The summed E-state index contributed by atoms with van der Waals surface area (Å²) < 4.78 is 26.6. The fraction of sp³-hybridized carbons (Fsp3) is 0.375. The largest absolute Gasteiger partial charge is 0.370 e. The summed E-state index contributed by atoms with van der Waals surface area (Å²) in [5.74, 6) is 0.146. The first-order valence-corrected chi connectivity index (χ1v) is 7.17. The van der Waals surface area contributed by atoms with E-state index in [0.29, 0.717) is 11.4 Å². The minimum Gasteiger partial charge on any atom is -0.370 e. The maximum absolute atomic E-state index is 13.7. The van der Waals surface area contributed by atoms with Gasteiger partial charge in [0.25, 0.3) is 0 Å². The lowest BCUT2D eigenvalue weighted by molar-refractivity contribution is 0.573. The van der Waals surface area contributed by atoms with Crippen molar-refractivity contribution in [3.8, 4) is 0 Å². The van der Waals surface area contributed by atoms with Crippen molar-refractivity contribution < 1.29 is 8.78 Å². The van der Waals surface area contributed by atoms with Crippen molar-refractivity contribution in [1.29, 1.82) is 0 Å². The Kier molecular flexibility index (Phi) is 5.20. The van der Waals surface area contributed by atoms with Crippen LogP contribution in [0, 0.1) is 11.6 Å². The molecule has 0 aliphatic carbocycles. The van der Waals surface area contributed by atoms with E-state index in [-0.39, 0.29) is 6.42 Å². The highest BCUT2D eigenvalue weighted by molar-refractivity contribution is 5.37. The number of hydrogen-bond donors (Lipinski definition) is 1. The van der Waals surface area contributed by atoms with E-state index in [2.05, 4.69) is 22.2 Å². The van der Waals surface area contributed by atoms with Crippen molar-refractivity contribution in [1.82, 2.24) is 9.97 Å². The molecule has 1 heterocycles. The molecule has 0 saturated carbocycles. The number of halogens is 2. The standard InChI is InChI=1S/C16H19F2N3/c1-3-7-19-15-10-13(4-2)20-16(21-15)8-11-5-6-12(17)9-14(11)18/h5-6,9-10H,3-4,7-8H2,1-2H3,(H,19,20,21). The Morgan fingerprint density at radius 1 is 1.10 bits per heavy atom. The number of aromatic nitrogens is 2. The van der Waals surface area contributed by atoms with Crippen LogP contribution in [-0.4, -0.2) is 16.5 Å². The van der Waals surface area contributed by atoms with Crippen LogP contribution in [0.4, 0.5) is 14.6 Å². The Morgan fingerprint density at radius 3 is 2.57 bits per heavy atom. The van der Waals surface area contributed by atoms with Crippen LogP contribution in [0.25, 0.3) is 0 Å². The summed E-state index contributed by atoms with van der Waals surface area (Å²) in [5, 5.41) is 3.21. The number of nitrogens with zero attached hydrogens (tertiary/aromatic N) is 2. The second-order valence-electron chi connectivity index (χ2n) is 4.85. The minimum atomic E-state index is -0.579. The zero-order valence-electron chi connectivity index (χ0n) is 12.3. The molecule has 2 aromatic rings. The first-order chi connectivity index (χ1) is 10.1. The van der Waals surface area contributed by atoms with Crippen LogP contribution in [-0.2, 0) is 12.8 Å². The molecule has 0 unspecified atom stereocenters. The number of hydrogen-bond acceptors (Lipinski definition) is 3. The van der Waals surface area contributed by atoms with Crippen molar-refractivity contribution in [3.05, 3.63) is 53.0 Å². The third-order valence-corrected chi connectivity index (χ3v) is 3.11. The maximum atomic E-state index is 13.7. The molecule has 0 fully saturated rings. The average Bonchev–Trinajstić information content (AvgIpc) is 2.48. The Hall–Kier alpha value is -2.04. The molecule has 0 aliphatic rings. The highest BCUT2D eigenvalue weighted by Gasteiger charge is 2.09. The highest BCUT2D eigenvalue weighted by atomic mass is 19.1. The molecule has 2 rings (SSSR count). The molecular weight excluding hydrogens is 272 g/mol. The molecule has 0 atom stereocenters. The Morgan fingerprint density at radius 2 is 1.90 bits per heavy atom. The summed E-state index contributed by atoms with van der Waals surface area (Å²) >= 11 is 0. The van der Waals surface area contributed by atoms with E-state index in [0.717, 1.165) is 37.0 Å².